The van der Waals surface area contributed by atoms with E-state index in [1.807, 2.05) is 13.1 Å². The lowest BCUT2D eigenvalue weighted by atomic mass is 10.2. The Labute approximate surface area is 104 Å². The van der Waals surface area contributed by atoms with Gasteiger partial charge in [0.15, 0.2) is 0 Å². The largest absolute Gasteiger partial charge is 0.354 e. The second kappa shape index (κ2) is 5.27. The molecule has 1 fully saturated rings. The Bertz CT molecular complexity index is 430. The minimum Gasteiger partial charge on any atom is -0.354 e. The minimum absolute atomic E-state index is 0.0410. The third-order valence-corrected chi connectivity index (χ3v) is 3.59. The van der Waals surface area contributed by atoms with Crippen LogP contribution in [0.5, 0.6) is 0 Å². The molecule has 0 radical (unpaired) electrons. The molecule has 6 heteroatoms. The molecule has 1 aromatic rings. The van der Waals surface area contributed by atoms with Gasteiger partial charge in [0.2, 0.25) is 11.8 Å². The predicted molar refractivity (Wildman–Crippen MR) is 64.7 cm³/mol. The van der Waals surface area contributed by atoms with E-state index in [-0.39, 0.29) is 17.9 Å². The lowest BCUT2D eigenvalue weighted by molar-refractivity contribution is -0.125. The molecule has 0 aliphatic carbocycles. The van der Waals surface area contributed by atoms with Crippen molar-refractivity contribution in [3.63, 3.8) is 0 Å². The van der Waals surface area contributed by atoms with Crippen LogP contribution in [0, 0.1) is 6.92 Å². The van der Waals surface area contributed by atoms with Gasteiger partial charge in [-0.25, -0.2) is 4.98 Å². The van der Waals surface area contributed by atoms with Gasteiger partial charge in [-0.3, -0.25) is 9.59 Å². The number of carbonyl (C=O) groups is 2. The Morgan fingerprint density at radius 1 is 1.71 bits per heavy atom. The van der Waals surface area contributed by atoms with Crippen molar-refractivity contribution in [2.75, 3.05) is 6.54 Å². The molecule has 0 spiro atoms. The first kappa shape index (κ1) is 12.0. The fourth-order valence-corrected chi connectivity index (χ4v) is 2.53. The first-order chi connectivity index (χ1) is 8.15. The van der Waals surface area contributed by atoms with Crippen molar-refractivity contribution >= 4 is 23.2 Å². The van der Waals surface area contributed by atoms with Gasteiger partial charge in [-0.1, -0.05) is 0 Å². The van der Waals surface area contributed by atoms with Gasteiger partial charge in [0, 0.05) is 30.5 Å². The van der Waals surface area contributed by atoms with Crippen molar-refractivity contribution in [2.24, 2.45) is 0 Å². The summed E-state index contributed by atoms with van der Waals surface area (Å²) >= 11 is 1.64. The summed E-state index contributed by atoms with van der Waals surface area (Å²) < 4.78 is 0. The maximum Gasteiger partial charge on any atom is 0.242 e. The van der Waals surface area contributed by atoms with Gasteiger partial charge < -0.3 is 10.6 Å². The zero-order valence-electron chi connectivity index (χ0n) is 9.66. The summed E-state index contributed by atoms with van der Waals surface area (Å²) in [4.78, 5) is 28.0. The van der Waals surface area contributed by atoms with Crippen LogP contribution in [-0.4, -0.2) is 29.4 Å². The van der Waals surface area contributed by atoms with Crippen molar-refractivity contribution < 1.29 is 9.59 Å². The molecule has 0 saturated carbocycles. The topological polar surface area (TPSA) is 71.1 Å². The number of aryl methyl sites for hydroxylation is 1. The van der Waals surface area contributed by atoms with Gasteiger partial charge in [0.25, 0.3) is 0 Å². The van der Waals surface area contributed by atoms with E-state index in [9.17, 15) is 9.59 Å². The van der Waals surface area contributed by atoms with Gasteiger partial charge in [0.1, 0.15) is 6.04 Å². The van der Waals surface area contributed by atoms with E-state index < -0.39 is 0 Å². The summed E-state index contributed by atoms with van der Waals surface area (Å²) in [7, 11) is 0. The smallest absolute Gasteiger partial charge is 0.242 e. The summed E-state index contributed by atoms with van der Waals surface area (Å²) in [5, 5.41) is 6.48. The molecule has 1 unspecified atom stereocenters. The van der Waals surface area contributed by atoms with E-state index in [1.54, 1.807) is 11.3 Å². The average Bonchev–Trinajstić information content (AvgIpc) is 2.88. The molecule has 2 amide bonds. The number of amides is 2. The van der Waals surface area contributed by atoms with E-state index in [0.29, 0.717) is 19.4 Å². The predicted octanol–water partition coefficient (Wildman–Crippen LogP) is 0.389. The van der Waals surface area contributed by atoms with E-state index >= 15 is 0 Å². The average molecular weight is 253 g/mol. The van der Waals surface area contributed by atoms with Crippen molar-refractivity contribution in [3.05, 3.63) is 16.1 Å². The zero-order chi connectivity index (χ0) is 12.3. The molecule has 1 atom stereocenters. The summed E-state index contributed by atoms with van der Waals surface area (Å²) in [6, 6.07) is -0.347. The Balaban J connectivity index is 1.71. The highest BCUT2D eigenvalue weighted by Crippen LogP contribution is 2.11. The molecule has 17 heavy (non-hydrogen) atoms. The highest BCUT2D eigenvalue weighted by molar-refractivity contribution is 7.11. The highest BCUT2D eigenvalue weighted by Gasteiger charge is 2.26. The Morgan fingerprint density at radius 2 is 2.53 bits per heavy atom. The lowest BCUT2D eigenvalue weighted by Crippen LogP contribution is -2.42. The maximum absolute atomic E-state index is 11.6. The number of nitrogens with one attached hydrogen (secondary N) is 2. The molecule has 0 aromatic carbocycles. The second-order valence-corrected chi connectivity index (χ2v) is 5.38. The van der Waals surface area contributed by atoms with Gasteiger partial charge in [0.05, 0.1) is 5.01 Å². The number of rotatable bonds is 4. The molecule has 92 valence electrons. The van der Waals surface area contributed by atoms with Crippen LogP contribution in [0.2, 0.25) is 0 Å². The Hall–Kier alpha value is -1.43. The zero-order valence-corrected chi connectivity index (χ0v) is 10.5. The van der Waals surface area contributed by atoms with Gasteiger partial charge in [-0.15, -0.1) is 11.3 Å². The third kappa shape index (κ3) is 3.26. The first-order valence-electron chi connectivity index (χ1n) is 5.63. The van der Waals surface area contributed by atoms with Crippen molar-refractivity contribution in [1.29, 1.82) is 0 Å². The minimum atomic E-state index is -0.347. The highest BCUT2D eigenvalue weighted by atomic mass is 32.1. The van der Waals surface area contributed by atoms with Gasteiger partial charge in [-0.05, 0) is 13.3 Å². The van der Waals surface area contributed by atoms with Crippen LogP contribution in [0.3, 0.4) is 0 Å². The summed E-state index contributed by atoms with van der Waals surface area (Å²) in [6.45, 7) is 2.58. The first-order valence-corrected chi connectivity index (χ1v) is 6.45. The molecule has 2 rings (SSSR count). The molecule has 1 saturated heterocycles. The molecule has 1 aromatic heterocycles. The van der Waals surface area contributed by atoms with Crippen LogP contribution in [0.15, 0.2) is 6.20 Å². The van der Waals surface area contributed by atoms with Crippen molar-refractivity contribution in [3.8, 4) is 0 Å². The van der Waals surface area contributed by atoms with Crippen LogP contribution in [0.1, 0.15) is 22.7 Å². The van der Waals surface area contributed by atoms with Crippen molar-refractivity contribution in [1.82, 2.24) is 15.6 Å². The second-order valence-electron chi connectivity index (χ2n) is 4.06. The lowest BCUT2D eigenvalue weighted by Gasteiger charge is -2.09. The van der Waals surface area contributed by atoms with Crippen LogP contribution in [0.4, 0.5) is 0 Å². The van der Waals surface area contributed by atoms with Crippen LogP contribution in [0.25, 0.3) is 0 Å². The number of nitrogens with zero attached hydrogens (tertiary/aromatic N) is 1. The fraction of sp³-hybridized carbons (Fsp3) is 0.545. The van der Waals surface area contributed by atoms with Gasteiger partial charge >= 0.3 is 0 Å². The maximum atomic E-state index is 11.6. The van der Waals surface area contributed by atoms with Crippen LogP contribution < -0.4 is 10.6 Å². The molecule has 1 aliphatic rings. The number of thiazole rings is 1. The number of hydrogen-bond donors (Lipinski definition) is 2. The molecular weight excluding hydrogens is 238 g/mol. The number of aromatic nitrogens is 1. The fourth-order valence-electron chi connectivity index (χ4n) is 1.74. The number of hydrogen-bond acceptors (Lipinski definition) is 4. The van der Waals surface area contributed by atoms with Crippen LogP contribution >= 0.6 is 11.3 Å². The van der Waals surface area contributed by atoms with E-state index in [4.69, 9.17) is 0 Å². The normalized spacial score (nSPS) is 19.1. The molecule has 2 heterocycles. The summed E-state index contributed by atoms with van der Waals surface area (Å²) in [6.07, 6.45) is 3.62. The Kier molecular flexibility index (Phi) is 3.73. The monoisotopic (exact) mass is 253 g/mol. The quantitative estimate of drug-likeness (QED) is 0.815. The Morgan fingerprint density at radius 3 is 3.12 bits per heavy atom. The molecule has 0 bridgehead atoms. The molecule has 1 aliphatic heterocycles. The summed E-state index contributed by atoms with van der Waals surface area (Å²) in [5.74, 6) is -0.134. The number of carbonyl (C=O) groups excluding carboxylic acids is 2. The standard InChI is InChI=1S/C11H15N3O2S/c1-7-6-13-10(17-7)4-5-12-11(16)8-2-3-9(15)14-8/h6,8H,2-5H2,1H3,(H,12,16)(H,14,15). The molecular formula is C11H15N3O2S. The van der Waals surface area contributed by atoms with E-state index in [0.717, 1.165) is 11.4 Å². The van der Waals surface area contributed by atoms with E-state index in [2.05, 4.69) is 15.6 Å². The summed E-state index contributed by atoms with van der Waals surface area (Å²) in [5.41, 5.74) is 0. The van der Waals surface area contributed by atoms with Crippen molar-refractivity contribution in [2.45, 2.75) is 32.2 Å². The third-order valence-electron chi connectivity index (χ3n) is 2.62. The van der Waals surface area contributed by atoms with Gasteiger partial charge in [-0.2, -0.15) is 0 Å². The van der Waals surface area contributed by atoms with E-state index in [1.165, 1.54) is 4.88 Å². The SMILES string of the molecule is Cc1cnc(CCNC(=O)C2CCC(=O)N2)s1. The molecule has 2 N–H and O–H groups in total. The molecule has 5 nitrogen and oxygen atoms in total. The van der Waals surface area contributed by atoms with Crippen LogP contribution in [-0.2, 0) is 16.0 Å².